The Hall–Kier alpha value is -2.78. The minimum absolute atomic E-state index is 0.567. The first kappa shape index (κ1) is 15.7. The molecule has 1 aromatic heterocycles. The average Bonchev–Trinajstić information content (AvgIpc) is 3.02. The van der Waals surface area contributed by atoms with Crippen molar-refractivity contribution in [2.75, 3.05) is 6.61 Å². The van der Waals surface area contributed by atoms with Crippen LogP contribution in [0.4, 0.5) is 0 Å². The van der Waals surface area contributed by atoms with Gasteiger partial charge in [-0.3, -0.25) is 0 Å². The van der Waals surface area contributed by atoms with E-state index in [1.165, 1.54) is 0 Å². The van der Waals surface area contributed by atoms with E-state index in [1.807, 2.05) is 72.8 Å². The van der Waals surface area contributed by atoms with Gasteiger partial charge in [-0.1, -0.05) is 54.1 Å². The summed E-state index contributed by atoms with van der Waals surface area (Å²) in [5.41, 5.74) is 3.06. The number of rotatable bonds is 5. The van der Waals surface area contributed by atoms with Gasteiger partial charge in [0.15, 0.2) is 0 Å². The number of benzene rings is 3. The van der Waals surface area contributed by atoms with Crippen molar-refractivity contribution in [2.45, 2.75) is 6.54 Å². The van der Waals surface area contributed by atoms with Crippen molar-refractivity contribution in [1.82, 2.24) is 9.55 Å². The third-order valence-corrected chi connectivity index (χ3v) is 4.30. The zero-order valence-electron chi connectivity index (χ0n) is 13.6. The topological polar surface area (TPSA) is 27.1 Å². The molecule has 0 N–H and O–H groups in total. The first-order valence-corrected chi connectivity index (χ1v) is 8.58. The van der Waals surface area contributed by atoms with Crippen LogP contribution in [0, 0.1) is 0 Å². The molecule has 0 spiro atoms. The lowest BCUT2D eigenvalue weighted by Crippen LogP contribution is -2.09. The van der Waals surface area contributed by atoms with Crippen LogP contribution in [0.25, 0.3) is 22.4 Å². The van der Waals surface area contributed by atoms with Gasteiger partial charge in [-0.15, -0.1) is 0 Å². The zero-order valence-corrected chi connectivity index (χ0v) is 14.4. The summed E-state index contributed by atoms with van der Waals surface area (Å²) in [6.07, 6.45) is 0. The van der Waals surface area contributed by atoms with E-state index >= 15 is 0 Å². The van der Waals surface area contributed by atoms with Crippen molar-refractivity contribution in [2.24, 2.45) is 0 Å². The highest BCUT2D eigenvalue weighted by Crippen LogP contribution is 2.26. The molecule has 0 bridgehead atoms. The number of ether oxygens (including phenoxy) is 1. The fourth-order valence-electron chi connectivity index (χ4n) is 2.92. The summed E-state index contributed by atoms with van der Waals surface area (Å²) in [4.78, 5) is 4.80. The fourth-order valence-corrected chi connectivity index (χ4v) is 3.11. The van der Waals surface area contributed by atoms with Crippen LogP contribution in [0.2, 0.25) is 5.02 Å². The molecule has 0 unspecified atom stereocenters. The Morgan fingerprint density at radius 3 is 2.52 bits per heavy atom. The van der Waals surface area contributed by atoms with Crippen molar-refractivity contribution < 1.29 is 4.74 Å². The van der Waals surface area contributed by atoms with Crippen molar-refractivity contribution in [1.29, 1.82) is 0 Å². The van der Waals surface area contributed by atoms with Gasteiger partial charge < -0.3 is 9.30 Å². The highest BCUT2D eigenvalue weighted by molar-refractivity contribution is 6.30. The van der Waals surface area contributed by atoms with Gasteiger partial charge in [-0.2, -0.15) is 0 Å². The molecule has 4 aromatic rings. The largest absolute Gasteiger partial charge is 0.492 e. The maximum Gasteiger partial charge on any atom is 0.141 e. The second-order valence-electron chi connectivity index (χ2n) is 5.75. The van der Waals surface area contributed by atoms with E-state index < -0.39 is 0 Å². The van der Waals surface area contributed by atoms with E-state index in [9.17, 15) is 0 Å². The van der Waals surface area contributed by atoms with Crippen LogP contribution in [0.1, 0.15) is 0 Å². The number of imidazole rings is 1. The molecule has 25 heavy (non-hydrogen) atoms. The smallest absolute Gasteiger partial charge is 0.141 e. The van der Waals surface area contributed by atoms with Crippen LogP contribution in [-0.2, 0) is 6.54 Å². The number of hydrogen-bond donors (Lipinski definition) is 0. The zero-order chi connectivity index (χ0) is 17.1. The molecule has 124 valence electrons. The summed E-state index contributed by atoms with van der Waals surface area (Å²) in [5, 5.41) is 0.705. The molecule has 0 aliphatic heterocycles. The summed E-state index contributed by atoms with van der Waals surface area (Å²) in [6.45, 7) is 1.27. The first-order valence-electron chi connectivity index (χ1n) is 8.20. The molecule has 0 fully saturated rings. The molecule has 0 saturated heterocycles. The SMILES string of the molecule is Clc1cccc(-c2nc3ccccc3n2CCOc2ccccc2)c1. The van der Waals surface area contributed by atoms with Gasteiger partial charge in [0, 0.05) is 10.6 Å². The number of nitrogens with zero attached hydrogens (tertiary/aromatic N) is 2. The Balaban J connectivity index is 1.67. The first-order chi connectivity index (χ1) is 12.3. The molecule has 4 heteroatoms. The van der Waals surface area contributed by atoms with Gasteiger partial charge in [-0.05, 0) is 36.4 Å². The number of hydrogen-bond acceptors (Lipinski definition) is 2. The van der Waals surface area contributed by atoms with Crippen LogP contribution in [-0.4, -0.2) is 16.2 Å². The Bertz CT molecular complexity index is 995. The van der Waals surface area contributed by atoms with E-state index in [4.69, 9.17) is 21.3 Å². The van der Waals surface area contributed by atoms with Gasteiger partial charge in [0.25, 0.3) is 0 Å². The molecular weight excluding hydrogens is 332 g/mol. The van der Waals surface area contributed by atoms with Crippen LogP contribution in [0.15, 0.2) is 78.9 Å². The molecule has 0 aliphatic carbocycles. The van der Waals surface area contributed by atoms with E-state index in [0.717, 1.165) is 28.2 Å². The maximum atomic E-state index is 6.17. The highest BCUT2D eigenvalue weighted by Gasteiger charge is 2.12. The molecule has 4 rings (SSSR count). The lowest BCUT2D eigenvalue weighted by atomic mass is 10.2. The quantitative estimate of drug-likeness (QED) is 0.480. The minimum Gasteiger partial charge on any atom is -0.492 e. The van der Waals surface area contributed by atoms with Crippen molar-refractivity contribution in [3.63, 3.8) is 0 Å². The molecule has 0 atom stereocenters. The molecule has 0 amide bonds. The van der Waals surface area contributed by atoms with Crippen LogP contribution in [0.5, 0.6) is 5.75 Å². The Morgan fingerprint density at radius 2 is 1.68 bits per heavy atom. The lowest BCUT2D eigenvalue weighted by molar-refractivity contribution is 0.301. The van der Waals surface area contributed by atoms with Gasteiger partial charge in [0.05, 0.1) is 17.6 Å². The molecule has 3 nitrogen and oxygen atoms in total. The van der Waals surface area contributed by atoms with Gasteiger partial charge in [-0.25, -0.2) is 4.98 Å². The van der Waals surface area contributed by atoms with E-state index in [-0.39, 0.29) is 0 Å². The maximum absolute atomic E-state index is 6.17. The summed E-state index contributed by atoms with van der Waals surface area (Å²) in [6, 6.07) is 25.8. The third-order valence-electron chi connectivity index (χ3n) is 4.06. The Morgan fingerprint density at radius 1 is 0.880 bits per heavy atom. The van der Waals surface area contributed by atoms with Gasteiger partial charge in [0.1, 0.15) is 18.2 Å². The predicted octanol–water partition coefficient (Wildman–Crippen LogP) is 5.44. The number of halogens is 1. The summed E-state index contributed by atoms with van der Waals surface area (Å²) >= 11 is 6.17. The minimum atomic E-state index is 0.567. The Kier molecular flexibility index (Phi) is 4.40. The second kappa shape index (κ2) is 6.99. The van der Waals surface area contributed by atoms with Gasteiger partial charge in [0.2, 0.25) is 0 Å². The summed E-state index contributed by atoms with van der Waals surface area (Å²) < 4.78 is 8.05. The monoisotopic (exact) mass is 348 g/mol. The number of para-hydroxylation sites is 3. The normalized spacial score (nSPS) is 10.9. The van der Waals surface area contributed by atoms with Crippen LogP contribution in [0.3, 0.4) is 0 Å². The van der Waals surface area contributed by atoms with Crippen LogP contribution >= 0.6 is 11.6 Å². The number of fused-ring (bicyclic) bond motifs is 1. The molecule has 3 aromatic carbocycles. The molecular formula is C21H17ClN2O. The molecule has 0 radical (unpaired) electrons. The van der Waals surface area contributed by atoms with Crippen molar-refractivity contribution in [3.05, 3.63) is 83.9 Å². The summed E-state index contributed by atoms with van der Waals surface area (Å²) in [7, 11) is 0. The van der Waals surface area contributed by atoms with E-state index in [1.54, 1.807) is 0 Å². The average molecular weight is 349 g/mol. The van der Waals surface area contributed by atoms with Gasteiger partial charge >= 0.3 is 0 Å². The molecule has 1 heterocycles. The standard InChI is InChI=1S/C21H17ClN2O/c22-17-8-6-7-16(15-17)21-23-19-11-4-5-12-20(19)24(21)13-14-25-18-9-2-1-3-10-18/h1-12,15H,13-14H2. The predicted molar refractivity (Wildman–Crippen MR) is 102 cm³/mol. The van der Waals surface area contributed by atoms with Crippen molar-refractivity contribution in [3.8, 4) is 17.1 Å². The molecule has 0 aliphatic rings. The third kappa shape index (κ3) is 3.37. The Labute approximate surface area is 151 Å². The van der Waals surface area contributed by atoms with E-state index in [0.29, 0.717) is 18.2 Å². The highest BCUT2D eigenvalue weighted by atomic mass is 35.5. The van der Waals surface area contributed by atoms with Crippen molar-refractivity contribution >= 4 is 22.6 Å². The number of aromatic nitrogens is 2. The van der Waals surface area contributed by atoms with Crippen LogP contribution < -0.4 is 4.74 Å². The fraction of sp³-hybridized carbons (Fsp3) is 0.0952. The van der Waals surface area contributed by atoms with E-state index in [2.05, 4.69) is 10.6 Å². The lowest BCUT2D eigenvalue weighted by Gasteiger charge is -2.11. The molecule has 0 saturated carbocycles. The second-order valence-corrected chi connectivity index (χ2v) is 6.18. The summed E-state index contributed by atoms with van der Waals surface area (Å²) in [5.74, 6) is 1.77.